The van der Waals surface area contributed by atoms with Crippen molar-refractivity contribution in [2.24, 2.45) is 10.7 Å². The normalized spacial score (nSPS) is 16.0. The minimum Gasteiger partial charge on any atom is -0.439 e. The highest BCUT2D eigenvalue weighted by Gasteiger charge is 2.36. The molecule has 0 spiro atoms. The summed E-state index contributed by atoms with van der Waals surface area (Å²) in [6.45, 7) is 5.19. The van der Waals surface area contributed by atoms with Crippen molar-refractivity contribution in [1.82, 2.24) is 0 Å². The first-order chi connectivity index (χ1) is 15.5. The molecule has 2 aromatic carbocycles. The number of fused-ring (bicyclic) bond motifs is 3. The lowest BCUT2D eigenvalue weighted by Crippen LogP contribution is -2.27. The molecular formula is C25H18FN3O3. The molecular weight excluding hydrogens is 409 g/mol. The number of ether oxygens (including phenoxy) is 1. The monoisotopic (exact) mass is 427 g/mol. The smallest absolute Gasteiger partial charge is 0.344 e. The number of allylic oxidation sites excluding steroid dienone is 4. The lowest BCUT2D eigenvalue weighted by Gasteiger charge is -2.26. The quantitative estimate of drug-likeness (QED) is 0.367. The third-order valence-electron chi connectivity index (χ3n) is 5.28. The van der Waals surface area contributed by atoms with Crippen LogP contribution in [0.25, 0.3) is 16.5 Å². The molecule has 0 saturated carbocycles. The number of hydrogen-bond donors (Lipinski definition) is 1. The fraction of sp³-hybridized carbons (Fsp3) is 0.0800. The number of aliphatic imine (C=N–C) groups is 1. The van der Waals surface area contributed by atoms with E-state index < -0.39 is 17.4 Å². The van der Waals surface area contributed by atoms with Crippen LogP contribution in [0.5, 0.6) is 5.75 Å². The molecule has 2 heterocycles. The Kier molecular flexibility index (Phi) is 5.44. The summed E-state index contributed by atoms with van der Waals surface area (Å²) in [7, 11) is 0. The van der Waals surface area contributed by atoms with Crippen LogP contribution in [-0.2, 0) is 0 Å². The average molecular weight is 427 g/mol. The summed E-state index contributed by atoms with van der Waals surface area (Å²) < 4.78 is 26.4. The van der Waals surface area contributed by atoms with Gasteiger partial charge in [0.05, 0.1) is 16.9 Å². The molecule has 1 aromatic heterocycles. The van der Waals surface area contributed by atoms with Gasteiger partial charge >= 0.3 is 5.63 Å². The lowest BCUT2D eigenvalue weighted by molar-refractivity contribution is 0.387. The molecule has 4 rings (SSSR count). The predicted octanol–water partition coefficient (Wildman–Crippen LogP) is 4.77. The average Bonchev–Trinajstić information content (AvgIpc) is 2.78. The third-order valence-corrected chi connectivity index (χ3v) is 5.28. The van der Waals surface area contributed by atoms with Gasteiger partial charge in [0.2, 0.25) is 5.88 Å². The highest BCUT2D eigenvalue weighted by molar-refractivity contribution is 5.86. The maximum Gasteiger partial charge on any atom is 0.344 e. The summed E-state index contributed by atoms with van der Waals surface area (Å²) in [5.41, 5.74) is 7.14. The Morgan fingerprint density at radius 1 is 1.31 bits per heavy atom. The van der Waals surface area contributed by atoms with Crippen LogP contribution in [0.15, 0.2) is 86.5 Å². The molecule has 1 aliphatic rings. The zero-order valence-corrected chi connectivity index (χ0v) is 17.1. The first-order valence-electron chi connectivity index (χ1n) is 9.68. The molecule has 0 bridgehead atoms. The van der Waals surface area contributed by atoms with E-state index in [2.05, 4.69) is 11.7 Å². The van der Waals surface area contributed by atoms with Gasteiger partial charge in [-0.1, -0.05) is 30.3 Å². The van der Waals surface area contributed by atoms with Crippen molar-refractivity contribution in [3.8, 4) is 11.8 Å². The Balaban J connectivity index is 1.92. The number of nitriles is 1. The van der Waals surface area contributed by atoms with Crippen LogP contribution >= 0.6 is 0 Å². The van der Waals surface area contributed by atoms with E-state index in [1.165, 1.54) is 18.3 Å². The van der Waals surface area contributed by atoms with E-state index >= 15 is 4.39 Å². The van der Waals surface area contributed by atoms with Gasteiger partial charge in [0, 0.05) is 11.8 Å². The van der Waals surface area contributed by atoms with Gasteiger partial charge < -0.3 is 14.9 Å². The van der Waals surface area contributed by atoms with Crippen molar-refractivity contribution in [2.45, 2.75) is 12.8 Å². The molecule has 3 aromatic rings. The Bertz CT molecular complexity index is 1440. The number of halogens is 1. The van der Waals surface area contributed by atoms with Gasteiger partial charge in [-0.3, -0.25) is 4.99 Å². The summed E-state index contributed by atoms with van der Waals surface area (Å²) in [4.78, 5) is 16.5. The molecule has 0 aliphatic carbocycles. The standard InChI is InChI=1S/C25H18FN3O3/c1-14(6-5-11-29-2)15-9-10-16(19(26)12-15)21-18(13-27)24(28)32-23-17-7-3-4-8-20(17)31-25(30)22(21)23/h3-12,21H,2,28H2,1H3/b11-5-,14-6+. The van der Waals surface area contributed by atoms with Crippen LogP contribution in [0.4, 0.5) is 4.39 Å². The fourth-order valence-corrected chi connectivity index (χ4v) is 3.73. The number of nitrogens with two attached hydrogens (primary N) is 1. The summed E-state index contributed by atoms with van der Waals surface area (Å²) in [6.07, 6.45) is 4.98. The van der Waals surface area contributed by atoms with E-state index in [-0.39, 0.29) is 28.3 Å². The van der Waals surface area contributed by atoms with Gasteiger partial charge in [0.15, 0.2) is 5.75 Å². The lowest BCUT2D eigenvalue weighted by atomic mass is 9.83. The maximum absolute atomic E-state index is 15.3. The number of benzene rings is 2. The zero-order valence-electron chi connectivity index (χ0n) is 17.1. The van der Waals surface area contributed by atoms with Crippen LogP contribution in [0, 0.1) is 17.1 Å². The van der Waals surface area contributed by atoms with E-state index in [4.69, 9.17) is 14.9 Å². The van der Waals surface area contributed by atoms with Crippen LogP contribution in [-0.4, -0.2) is 6.72 Å². The molecule has 0 saturated heterocycles. The Labute approximate surface area is 183 Å². The maximum atomic E-state index is 15.3. The third kappa shape index (κ3) is 3.48. The van der Waals surface area contributed by atoms with E-state index in [1.54, 1.807) is 42.5 Å². The van der Waals surface area contributed by atoms with Crippen molar-refractivity contribution in [2.75, 3.05) is 0 Å². The molecule has 1 unspecified atom stereocenters. The SMILES string of the molecule is C=N/C=C\C=C(/C)c1ccc(C2C(C#N)=C(N)Oc3c2c(=O)oc2ccccc32)c(F)c1. The van der Waals surface area contributed by atoms with Gasteiger partial charge in [-0.25, -0.2) is 9.18 Å². The minimum atomic E-state index is -1.06. The topological polar surface area (TPSA) is 102 Å². The van der Waals surface area contributed by atoms with Crippen LogP contribution < -0.4 is 16.1 Å². The molecule has 6 nitrogen and oxygen atoms in total. The van der Waals surface area contributed by atoms with Crippen LogP contribution in [0.2, 0.25) is 0 Å². The number of nitrogens with zero attached hydrogens (tertiary/aromatic N) is 2. The van der Waals surface area contributed by atoms with E-state index in [0.29, 0.717) is 16.5 Å². The molecule has 2 N–H and O–H groups in total. The van der Waals surface area contributed by atoms with E-state index in [9.17, 15) is 10.1 Å². The second-order valence-electron chi connectivity index (χ2n) is 7.16. The number of para-hydroxylation sites is 1. The van der Waals surface area contributed by atoms with Crippen LogP contribution in [0.1, 0.15) is 29.5 Å². The number of hydrogen-bond acceptors (Lipinski definition) is 6. The first-order valence-corrected chi connectivity index (χ1v) is 9.68. The second-order valence-corrected chi connectivity index (χ2v) is 7.16. The summed E-state index contributed by atoms with van der Waals surface area (Å²) in [5, 5.41) is 10.2. The van der Waals surface area contributed by atoms with E-state index in [0.717, 1.165) is 5.57 Å². The second kappa shape index (κ2) is 8.36. The van der Waals surface area contributed by atoms with Crippen molar-refractivity contribution in [1.29, 1.82) is 5.26 Å². The summed E-state index contributed by atoms with van der Waals surface area (Å²) in [5.74, 6) is -1.66. The highest BCUT2D eigenvalue weighted by Crippen LogP contribution is 2.44. The van der Waals surface area contributed by atoms with Gasteiger partial charge in [0.1, 0.15) is 23.0 Å². The fourth-order valence-electron chi connectivity index (χ4n) is 3.73. The largest absolute Gasteiger partial charge is 0.439 e. The Morgan fingerprint density at radius 2 is 2.09 bits per heavy atom. The summed E-state index contributed by atoms with van der Waals surface area (Å²) in [6, 6.07) is 13.4. The Hall–Kier alpha value is -4.44. The molecule has 32 heavy (non-hydrogen) atoms. The molecule has 1 atom stereocenters. The van der Waals surface area contributed by atoms with Crippen molar-refractivity contribution >= 4 is 23.3 Å². The zero-order chi connectivity index (χ0) is 22.8. The molecule has 1 aliphatic heterocycles. The van der Waals surface area contributed by atoms with Crippen molar-refractivity contribution in [3.63, 3.8) is 0 Å². The molecule has 0 fully saturated rings. The molecule has 158 valence electrons. The predicted molar refractivity (Wildman–Crippen MR) is 121 cm³/mol. The van der Waals surface area contributed by atoms with Gasteiger partial charge in [-0.15, -0.1) is 0 Å². The van der Waals surface area contributed by atoms with Crippen molar-refractivity contribution in [3.05, 3.63) is 105 Å². The van der Waals surface area contributed by atoms with Gasteiger partial charge in [-0.05, 0) is 49.1 Å². The first kappa shape index (κ1) is 20.8. The molecule has 0 radical (unpaired) electrons. The molecule has 7 heteroatoms. The van der Waals surface area contributed by atoms with Gasteiger partial charge in [0.25, 0.3) is 0 Å². The highest BCUT2D eigenvalue weighted by atomic mass is 19.1. The van der Waals surface area contributed by atoms with Gasteiger partial charge in [-0.2, -0.15) is 5.26 Å². The minimum absolute atomic E-state index is 0.0355. The van der Waals surface area contributed by atoms with Crippen molar-refractivity contribution < 1.29 is 13.5 Å². The molecule has 0 amide bonds. The Morgan fingerprint density at radius 3 is 2.81 bits per heavy atom. The van der Waals surface area contributed by atoms with Crippen LogP contribution in [0.3, 0.4) is 0 Å². The number of rotatable bonds is 4. The van der Waals surface area contributed by atoms with E-state index in [1.807, 2.05) is 13.0 Å². The summed E-state index contributed by atoms with van der Waals surface area (Å²) >= 11 is 0.